The van der Waals surface area contributed by atoms with Gasteiger partial charge in [0.2, 0.25) is 5.78 Å². The molecule has 12 nitrogen and oxygen atoms in total. The lowest BCUT2D eigenvalue weighted by Crippen LogP contribution is -2.26. The van der Waals surface area contributed by atoms with E-state index in [0.717, 1.165) is 0 Å². The van der Waals surface area contributed by atoms with Crippen molar-refractivity contribution in [3.63, 3.8) is 0 Å². The van der Waals surface area contributed by atoms with Crippen molar-refractivity contribution in [3.05, 3.63) is 68.9 Å². The number of amides is 1. The highest BCUT2D eigenvalue weighted by Crippen LogP contribution is 2.29. The number of nitrogens with zero attached hydrogens (tertiary/aromatic N) is 6. The van der Waals surface area contributed by atoms with Crippen molar-refractivity contribution in [3.8, 4) is 0 Å². The van der Waals surface area contributed by atoms with Crippen molar-refractivity contribution in [2.24, 2.45) is 16.0 Å². The Morgan fingerprint density at radius 3 is 1.97 bits per heavy atom. The number of hydrogen-bond donors (Lipinski definition) is 4. The van der Waals surface area contributed by atoms with E-state index in [1.54, 1.807) is 36.7 Å². The minimum atomic E-state index is -1.87. The summed E-state index contributed by atoms with van der Waals surface area (Å²) in [6.07, 6.45) is 3.26. The summed E-state index contributed by atoms with van der Waals surface area (Å²) in [5.74, 6) is -0.745. The topological polar surface area (TPSA) is 201 Å². The van der Waals surface area contributed by atoms with Gasteiger partial charge in [-0.2, -0.15) is 0 Å². The largest absolute Gasteiger partial charge is 0.359 e. The van der Waals surface area contributed by atoms with Crippen molar-refractivity contribution in [1.82, 2.24) is 15.3 Å². The van der Waals surface area contributed by atoms with E-state index in [-0.39, 0.29) is 12.5 Å². The van der Waals surface area contributed by atoms with Crippen LogP contribution in [0.5, 0.6) is 0 Å². The van der Waals surface area contributed by atoms with Crippen LogP contribution in [0.3, 0.4) is 0 Å². The molecule has 15 heteroatoms. The molecule has 2 heterocycles. The fourth-order valence-electron chi connectivity index (χ4n) is 1.56. The smallest absolute Gasteiger partial charge is 0.267 e. The van der Waals surface area contributed by atoms with Gasteiger partial charge in [0.1, 0.15) is 5.69 Å². The summed E-state index contributed by atoms with van der Waals surface area (Å²) < 4.78 is -1.87. The van der Waals surface area contributed by atoms with E-state index < -0.39 is 9.58 Å². The highest BCUT2D eigenvalue weighted by molar-refractivity contribution is 6.77. The number of aromatic amines is 2. The summed E-state index contributed by atoms with van der Waals surface area (Å²) in [4.78, 5) is 32.7. The quantitative estimate of drug-likeness (QED) is 0.117. The van der Waals surface area contributed by atoms with Crippen molar-refractivity contribution in [2.75, 3.05) is 26.2 Å². The molecule has 2 rings (SSSR count). The molecule has 0 aliphatic heterocycles. The number of H-pyrrole nitrogens is 2. The molecule has 0 saturated carbocycles. The third kappa shape index (κ3) is 12.6. The molecule has 2 aromatic heterocycles. The lowest BCUT2D eigenvalue weighted by Gasteiger charge is -2.06. The highest BCUT2D eigenvalue weighted by Gasteiger charge is 2.31. The van der Waals surface area contributed by atoms with Crippen LogP contribution in [0.4, 0.5) is 0 Å². The molecule has 0 aliphatic rings. The van der Waals surface area contributed by atoms with E-state index in [9.17, 15) is 9.59 Å². The molecule has 0 unspecified atom stereocenters. The minimum Gasteiger partial charge on any atom is -0.359 e. The fourth-order valence-corrected chi connectivity index (χ4v) is 1.86. The van der Waals surface area contributed by atoms with Crippen LogP contribution < -0.4 is 11.1 Å². The average Bonchev–Trinajstić information content (AvgIpc) is 3.43. The first-order chi connectivity index (χ1) is 14.3. The molecule has 0 atom stereocenters. The standard InChI is InChI=1S/C7H9N5O.C6H4Cl3NO.C2H6N4/c8-12-11-5-4-10-7(13)6-2-1-3-9-6;7-6(8,9)5(11)4-2-1-3-10-4;3-1-2-5-6-4/h1-3,9H,4-5H2,(H,10,13);1-3,10H;1-3H2. The SMILES string of the molecule is O=C(c1ccc[nH]1)C(Cl)(Cl)Cl.[N-]=[N+]=NCCN.[N-]=[N+]=NCCNC(=O)c1ccc[nH]1. The molecular formula is C15H19Cl3N10O2. The highest BCUT2D eigenvalue weighted by atomic mass is 35.6. The van der Waals surface area contributed by atoms with Crippen LogP contribution in [0, 0.1) is 0 Å². The monoisotopic (exact) mass is 476 g/mol. The Hall–Kier alpha value is -2.85. The first-order valence-electron chi connectivity index (χ1n) is 8.16. The Bertz CT molecular complexity index is 837. The second-order valence-corrected chi connectivity index (χ2v) is 7.23. The van der Waals surface area contributed by atoms with E-state index in [4.69, 9.17) is 51.6 Å². The molecule has 0 fully saturated rings. The van der Waals surface area contributed by atoms with Gasteiger partial charge >= 0.3 is 0 Å². The van der Waals surface area contributed by atoms with Gasteiger partial charge in [-0.05, 0) is 41.9 Å². The van der Waals surface area contributed by atoms with Crippen LogP contribution >= 0.6 is 34.8 Å². The normalized spacial score (nSPS) is 9.47. The number of nitrogens with one attached hydrogen (secondary N) is 3. The molecule has 0 aliphatic carbocycles. The number of halogens is 3. The number of azide groups is 2. The zero-order valence-electron chi connectivity index (χ0n) is 15.5. The first kappa shape index (κ1) is 27.1. The molecule has 0 aromatic carbocycles. The van der Waals surface area contributed by atoms with Gasteiger partial charge in [0.25, 0.3) is 9.70 Å². The van der Waals surface area contributed by atoms with E-state index in [2.05, 4.69) is 35.3 Å². The first-order valence-corrected chi connectivity index (χ1v) is 9.29. The van der Waals surface area contributed by atoms with Gasteiger partial charge in [0, 0.05) is 41.9 Å². The fraction of sp³-hybridized carbons (Fsp3) is 0.333. The molecule has 5 N–H and O–H groups in total. The average molecular weight is 478 g/mol. The summed E-state index contributed by atoms with van der Waals surface area (Å²) in [6, 6.07) is 6.61. The summed E-state index contributed by atoms with van der Waals surface area (Å²) >= 11 is 16.0. The molecule has 30 heavy (non-hydrogen) atoms. The van der Waals surface area contributed by atoms with E-state index in [1.165, 1.54) is 0 Å². The molecule has 0 bridgehead atoms. The van der Waals surface area contributed by atoms with Gasteiger partial charge in [-0.25, -0.2) is 0 Å². The number of nitrogens with two attached hydrogens (primary N) is 1. The number of ketones is 1. The Morgan fingerprint density at radius 1 is 1.03 bits per heavy atom. The maximum Gasteiger partial charge on any atom is 0.267 e. The second-order valence-electron chi connectivity index (χ2n) is 4.95. The molecule has 1 amide bonds. The third-order valence-electron chi connectivity index (χ3n) is 2.80. The van der Waals surface area contributed by atoms with Crippen LogP contribution in [0.1, 0.15) is 21.0 Å². The zero-order chi connectivity index (χ0) is 22.8. The number of aromatic nitrogens is 2. The molecular weight excluding hydrogens is 459 g/mol. The summed E-state index contributed by atoms with van der Waals surface area (Å²) in [5, 5.41) is 9.01. The van der Waals surface area contributed by atoms with Crippen molar-refractivity contribution in [2.45, 2.75) is 3.79 Å². The molecule has 162 valence electrons. The molecule has 2 aromatic rings. The number of carbonyl (C=O) groups is 2. The van der Waals surface area contributed by atoms with Crippen LogP contribution in [0.2, 0.25) is 0 Å². The Labute approximate surface area is 186 Å². The Balaban J connectivity index is 0.000000450. The van der Waals surface area contributed by atoms with E-state index in [1.807, 2.05) is 0 Å². The van der Waals surface area contributed by atoms with Gasteiger partial charge in [-0.3, -0.25) is 9.59 Å². The maximum atomic E-state index is 11.2. The lowest BCUT2D eigenvalue weighted by molar-refractivity contribution is 0.0949. The predicted octanol–water partition coefficient (Wildman–Crippen LogP) is 3.88. The second kappa shape index (κ2) is 16.0. The summed E-state index contributed by atoms with van der Waals surface area (Å²) in [5.41, 5.74) is 21.3. The Morgan fingerprint density at radius 2 is 1.57 bits per heavy atom. The predicted molar refractivity (Wildman–Crippen MR) is 116 cm³/mol. The summed E-state index contributed by atoms with van der Waals surface area (Å²) in [6.45, 7) is 1.45. The van der Waals surface area contributed by atoms with Gasteiger partial charge in [-0.15, -0.1) is 0 Å². The van der Waals surface area contributed by atoms with Crippen molar-refractivity contribution >= 4 is 46.5 Å². The number of carbonyl (C=O) groups excluding carboxylic acids is 2. The van der Waals surface area contributed by atoms with Crippen molar-refractivity contribution < 1.29 is 9.59 Å². The van der Waals surface area contributed by atoms with Gasteiger partial charge < -0.3 is 21.0 Å². The molecule has 0 saturated heterocycles. The molecule has 0 spiro atoms. The van der Waals surface area contributed by atoms with E-state index in [0.29, 0.717) is 31.0 Å². The van der Waals surface area contributed by atoms with Gasteiger partial charge in [0.15, 0.2) is 0 Å². The van der Waals surface area contributed by atoms with Gasteiger partial charge in [0.05, 0.1) is 5.69 Å². The van der Waals surface area contributed by atoms with Gasteiger partial charge in [-0.1, -0.05) is 45.0 Å². The van der Waals surface area contributed by atoms with Crippen LogP contribution in [0.25, 0.3) is 20.9 Å². The number of alkyl halides is 3. The zero-order valence-corrected chi connectivity index (χ0v) is 17.8. The van der Waals surface area contributed by atoms with E-state index >= 15 is 0 Å². The lowest BCUT2D eigenvalue weighted by atomic mass is 10.3. The maximum absolute atomic E-state index is 11.2. The minimum absolute atomic E-state index is 0.196. The van der Waals surface area contributed by atoms with Crippen molar-refractivity contribution in [1.29, 1.82) is 0 Å². The number of rotatable bonds is 7. The van der Waals surface area contributed by atoms with Crippen LogP contribution in [-0.2, 0) is 0 Å². The molecule has 0 radical (unpaired) electrons. The van der Waals surface area contributed by atoms with Crippen LogP contribution in [-0.4, -0.2) is 51.6 Å². The number of hydrogen-bond acceptors (Lipinski definition) is 5. The summed E-state index contributed by atoms with van der Waals surface area (Å²) in [7, 11) is 0. The Kier molecular flexibility index (Phi) is 14.5. The third-order valence-corrected chi connectivity index (χ3v) is 3.31. The number of Topliss-reactive ketones (excluding diaryl/α,β-unsaturated/α-hetero) is 1. The van der Waals surface area contributed by atoms with Crippen LogP contribution in [0.15, 0.2) is 46.9 Å².